The number of halogens is 1. The summed E-state index contributed by atoms with van der Waals surface area (Å²) < 4.78 is 10.6. The third kappa shape index (κ3) is 3.39. The molecule has 2 fully saturated rings. The fourth-order valence-corrected chi connectivity index (χ4v) is 4.90. The molecule has 1 saturated carbocycles. The Morgan fingerprint density at radius 3 is 2.34 bits per heavy atom. The van der Waals surface area contributed by atoms with E-state index in [2.05, 4.69) is 5.10 Å². The van der Waals surface area contributed by atoms with Gasteiger partial charge >= 0.3 is 5.97 Å². The highest BCUT2D eigenvalue weighted by Gasteiger charge is 2.59. The molecule has 7 nitrogen and oxygen atoms in total. The van der Waals surface area contributed by atoms with Crippen LogP contribution in [0.15, 0.2) is 59.7 Å². The van der Waals surface area contributed by atoms with E-state index in [4.69, 9.17) is 21.1 Å². The molecule has 162 valence electrons. The zero-order valence-corrected chi connectivity index (χ0v) is 17.9. The molecule has 0 unspecified atom stereocenters. The second-order valence-electron chi connectivity index (χ2n) is 8.03. The SMILES string of the molecule is COc1ccc(C(=O)Oc2ccc(Cl)cc2C=NN2C(=O)[C@@H]3[C@H](C2=O)[C@H]2C=C[C@H]3C2)cc1. The van der Waals surface area contributed by atoms with Gasteiger partial charge in [0, 0.05) is 10.6 Å². The van der Waals surface area contributed by atoms with Crippen LogP contribution in [0.5, 0.6) is 11.5 Å². The number of hydrogen-bond acceptors (Lipinski definition) is 6. The van der Waals surface area contributed by atoms with E-state index in [1.165, 1.54) is 19.4 Å². The largest absolute Gasteiger partial charge is 0.497 e. The number of fused-ring (bicyclic) bond motifs is 5. The van der Waals surface area contributed by atoms with Crippen LogP contribution in [0.4, 0.5) is 0 Å². The number of nitrogens with zero attached hydrogens (tertiary/aromatic N) is 2. The molecule has 5 rings (SSSR count). The maximum Gasteiger partial charge on any atom is 0.343 e. The van der Waals surface area contributed by atoms with Gasteiger partial charge in [0.25, 0.3) is 11.8 Å². The average Bonchev–Trinajstić information content (AvgIpc) is 3.48. The van der Waals surface area contributed by atoms with Crippen molar-refractivity contribution in [1.82, 2.24) is 5.01 Å². The molecule has 4 atom stereocenters. The van der Waals surface area contributed by atoms with Crippen LogP contribution in [0.2, 0.25) is 5.02 Å². The average molecular weight is 451 g/mol. The number of allylic oxidation sites excluding steroid dienone is 2. The van der Waals surface area contributed by atoms with Crippen LogP contribution in [0.3, 0.4) is 0 Å². The van der Waals surface area contributed by atoms with Gasteiger partial charge in [-0.15, -0.1) is 0 Å². The summed E-state index contributed by atoms with van der Waals surface area (Å²) in [6.45, 7) is 0. The maximum atomic E-state index is 12.8. The van der Waals surface area contributed by atoms with E-state index in [1.807, 2.05) is 12.2 Å². The quantitative estimate of drug-likeness (QED) is 0.228. The lowest BCUT2D eigenvalue weighted by atomic mass is 9.85. The Balaban J connectivity index is 1.37. The molecule has 8 heteroatoms. The molecule has 0 spiro atoms. The summed E-state index contributed by atoms with van der Waals surface area (Å²) in [5.74, 6) is -0.770. The van der Waals surface area contributed by atoms with Crippen LogP contribution in [-0.4, -0.2) is 36.1 Å². The molecule has 3 aliphatic rings. The minimum atomic E-state index is -0.574. The number of ether oxygens (including phenoxy) is 2. The minimum Gasteiger partial charge on any atom is -0.497 e. The number of carbonyl (C=O) groups excluding carboxylic acids is 3. The number of amides is 2. The molecule has 0 radical (unpaired) electrons. The zero-order valence-electron chi connectivity index (χ0n) is 17.1. The fourth-order valence-electron chi connectivity index (χ4n) is 4.72. The van der Waals surface area contributed by atoms with E-state index in [9.17, 15) is 14.4 Å². The second kappa shape index (κ2) is 7.91. The molecule has 0 N–H and O–H groups in total. The highest BCUT2D eigenvalue weighted by Crippen LogP contribution is 2.52. The minimum absolute atomic E-state index is 0.105. The Labute approximate surface area is 189 Å². The smallest absolute Gasteiger partial charge is 0.343 e. The Morgan fingerprint density at radius 1 is 1.06 bits per heavy atom. The maximum absolute atomic E-state index is 12.8. The number of imide groups is 1. The van der Waals surface area contributed by atoms with E-state index in [1.54, 1.807) is 36.4 Å². The first-order valence-corrected chi connectivity index (χ1v) is 10.6. The van der Waals surface area contributed by atoms with Gasteiger partial charge in [0.2, 0.25) is 0 Å². The third-order valence-electron chi connectivity index (χ3n) is 6.26. The van der Waals surface area contributed by atoms with Crippen molar-refractivity contribution in [3.63, 3.8) is 0 Å². The van der Waals surface area contributed by atoms with Crippen molar-refractivity contribution in [2.24, 2.45) is 28.8 Å². The molecule has 32 heavy (non-hydrogen) atoms. The molecule has 2 aromatic carbocycles. The first-order valence-electron chi connectivity index (χ1n) is 10.2. The summed E-state index contributed by atoms with van der Waals surface area (Å²) >= 11 is 6.11. The first-order chi connectivity index (χ1) is 15.5. The second-order valence-corrected chi connectivity index (χ2v) is 8.47. The summed E-state index contributed by atoms with van der Waals surface area (Å²) in [4.78, 5) is 38.2. The summed E-state index contributed by atoms with van der Waals surface area (Å²) in [5, 5.41) is 5.49. The van der Waals surface area contributed by atoms with Gasteiger partial charge in [-0.05, 0) is 60.7 Å². The monoisotopic (exact) mass is 450 g/mol. The van der Waals surface area contributed by atoms with Crippen LogP contribution < -0.4 is 9.47 Å². The summed E-state index contributed by atoms with van der Waals surface area (Å²) in [7, 11) is 1.54. The highest BCUT2D eigenvalue weighted by atomic mass is 35.5. The number of carbonyl (C=O) groups is 3. The lowest BCUT2D eigenvalue weighted by Gasteiger charge is -2.13. The summed E-state index contributed by atoms with van der Waals surface area (Å²) in [6.07, 6.45) is 6.23. The summed E-state index contributed by atoms with van der Waals surface area (Å²) in [5.41, 5.74) is 0.711. The fraction of sp³-hybridized carbons (Fsp3) is 0.250. The molecule has 1 heterocycles. The van der Waals surface area contributed by atoms with E-state index in [0.717, 1.165) is 11.4 Å². The lowest BCUT2D eigenvalue weighted by molar-refractivity contribution is -0.140. The van der Waals surface area contributed by atoms with Crippen LogP contribution in [0.1, 0.15) is 22.3 Å². The lowest BCUT2D eigenvalue weighted by Crippen LogP contribution is -2.28. The van der Waals surface area contributed by atoms with Crippen molar-refractivity contribution in [3.05, 3.63) is 70.8 Å². The third-order valence-corrected chi connectivity index (χ3v) is 6.49. The molecular formula is C24H19ClN2O5. The number of benzene rings is 2. The molecule has 2 aromatic rings. The topological polar surface area (TPSA) is 85.3 Å². The van der Waals surface area contributed by atoms with Crippen LogP contribution >= 0.6 is 11.6 Å². The van der Waals surface area contributed by atoms with E-state index < -0.39 is 5.97 Å². The van der Waals surface area contributed by atoms with Gasteiger partial charge in [0.15, 0.2) is 0 Å². The van der Waals surface area contributed by atoms with Crippen molar-refractivity contribution in [1.29, 1.82) is 0 Å². The first kappa shape index (κ1) is 20.5. The molecule has 1 saturated heterocycles. The molecule has 2 amide bonds. The highest BCUT2D eigenvalue weighted by molar-refractivity contribution is 6.31. The van der Waals surface area contributed by atoms with Crippen LogP contribution in [0, 0.1) is 23.7 Å². The molecule has 2 bridgehead atoms. The van der Waals surface area contributed by atoms with Crippen LogP contribution in [-0.2, 0) is 9.59 Å². The number of hydrazone groups is 1. The Kier molecular flexibility index (Phi) is 5.06. The molecular weight excluding hydrogens is 432 g/mol. The van der Waals surface area contributed by atoms with E-state index in [0.29, 0.717) is 21.9 Å². The Morgan fingerprint density at radius 2 is 1.72 bits per heavy atom. The normalized spacial score (nSPS) is 25.6. The van der Waals surface area contributed by atoms with E-state index in [-0.39, 0.29) is 41.2 Å². The van der Waals surface area contributed by atoms with Gasteiger partial charge in [-0.2, -0.15) is 10.1 Å². The number of esters is 1. The number of hydrogen-bond donors (Lipinski definition) is 0. The van der Waals surface area contributed by atoms with Crippen molar-refractivity contribution >= 4 is 35.6 Å². The number of rotatable bonds is 5. The molecule has 1 aliphatic heterocycles. The van der Waals surface area contributed by atoms with Crippen molar-refractivity contribution in [2.45, 2.75) is 6.42 Å². The molecule has 0 aromatic heterocycles. The van der Waals surface area contributed by atoms with Gasteiger partial charge < -0.3 is 9.47 Å². The van der Waals surface area contributed by atoms with Gasteiger partial charge in [0.1, 0.15) is 11.5 Å². The Bertz CT molecular complexity index is 1140. The Hall–Kier alpha value is -3.45. The van der Waals surface area contributed by atoms with Gasteiger partial charge in [-0.25, -0.2) is 4.79 Å². The van der Waals surface area contributed by atoms with Gasteiger partial charge in [-0.1, -0.05) is 23.8 Å². The van der Waals surface area contributed by atoms with Crippen molar-refractivity contribution in [3.8, 4) is 11.5 Å². The molecule has 2 aliphatic carbocycles. The van der Waals surface area contributed by atoms with Crippen molar-refractivity contribution in [2.75, 3.05) is 7.11 Å². The van der Waals surface area contributed by atoms with Gasteiger partial charge in [0.05, 0.1) is 30.7 Å². The zero-order chi connectivity index (χ0) is 22.4. The van der Waals surface area contributed by atoms with Crippen LogP contribution in [0.25, 0.3) is 0 Å². The van der Waals surface area contributed by atoms with E-state index >= 15 is 0 Å². The predicted molar refractivity (Wildman–Crippen MR) is 117 cm³/mol. The van der Waals surface area contributed by atoms with Crippen molar-refractivity contribution < 1.29 is 23.9 Å². The number of methoxy groups -OCH3 is 1. The summed E-state index contributed by atoms with van der Waals surface area (Å²) in [6, 6.07) is 11.2. The standard InChI is InChI=1S/C24H19ClN2O5/c1-31-18-7-4-13(5-8-18)24(30)32-19-9-6-17(25)11-16(19)12-26-27-22(28)20-14-2-3-15(10-14)21(20)23(27)29/h2-9,11-12,14-15,20-21H,10H2,1H3/t14-,15-,20-,21+/m0/s1. The predicted octanol–water partition coefficient (Wildman–Crippen LogP) is 3.71. The van der Waals surface area contributed by atoms with Gasteiger partial charge in [-0.3, -0.25) is 9.59 Å².